The molecule has 1 heterocycles. The van der Waals surface area contributed by atoms with Crippen molar-refractivity contribution in [1.82, 2.24) is 10.3 Å². The number of hydrogen-bond donors (Lipinski definition) is 1. The van der Waals surface area contributed by atoms with E-state index < -0.39 is 0 Å². The highest BCUT2D eigenvalue weighted by Crippen LogP contribution is 2.20. The van der Waals surface area contributed by atoms with Gasteiger partial charge in [0.25, 0.3) is 0 Å². The molecule has 0 spiro atoms. The first kappa shape index (κ1) is 17.7. The van der Waals surface area contributed by atoms with Gasteiger partial charge in [-0.1, -0.05) is 26.0 Å². The number of hydrogen-bond acceptors (Lipinski definition) is 3. The van der Waals surface area contributed by atoms with Crippen molar-refractivity contribution in [3.8, 4) is 0 Å². The summed E-state index contributed by atoms with van der Waals surface area (Å²) in [6, 6.07) is 11.4. The van der Waals surface area contributed by atoms with Gasteiger partial charge in [-0.15, -0.1) is 0 Å². The van der Waals surface area contributed by atoms with E-state index in [0.717, 1.165) is 11.3 Å². The Kier molecular flexibility index (Phi) is 6.07. The number of carbonyl (C=O) groups is 2. The number of aromatic nitrogens is 1. The molecule has 1 aromatic heterocycles. The Morgan fingerprint density at radius 3 is 2.25 bits per heavy atom. The summed E-state index contributed by atoms with van der Waals surface area (Å²) in [4.78, 5) is 29.5. The summed E-state index contributed by atoms with van der Waals surface area (Å²) in [7, 11) is 0. The Morgan fingerprint density at radius 2 is 1.71 bits per heavy atom. The fourth-order valence-electron chi connectivity index (χ4n) is 2.32. The van der Waals surface area contributed by atoms with Crippen LogP contribution >= 0.6 is 0 Å². The largest absolute Gasteiger partial charge is 0.350 e. The lowest BCUT2D eigenvalue weighted by atomic mass is 10.0. The molecular formula is C19H23N3O2. The van der Waals surface area contributed by atoms with Crippen LogP contribution < -0.4 is 10.2 Å². The normalized spacial score (nSPS) is 10.5. The van der Waals surface area contributed by atoms with Gasteiger partial charge in [-0.25, -0.2) is 0 Å². The van der Waals surface area contributed by atoms with Gasteiger partial charge in [0.05, 0.1) is 0 Å². The zero-order valence-electron chi connectivity index (χ0n) is 14.3. The number of amides is 2. The molecule has 0 bridgehead atoms. The van der Waals surface area contributed by atoms with Crippen LogP contribution in [0.25, 0.3) is 0 Å². The molecule has 24 heavy (non-hydrogen) atoms. The van der Waals surface area contributed by atoms with Crippen molar-refractivity contribution in [2.24, 2.45) is 0 Å². The van der Waals surface area contributed by atoms with Gasteiger partial charge in [0, 0.05) is 31.5 Å². The molecule has 0 saturated carbocycles. The molecule has 0 unspecified atom stereocenters. The molecule has 0 atom stereocenters. The summed E-state index contributed by atoms with van der Waals surface area (Å²) in [5.74, 6) is 0.0646. The lowest BCUT2D eigenvalue weighted by molar-refractivity contribution is -0.123. The molecule has 0 radical (unpaired) electrons. The molecule has 1 N–H and O–H groups in total. The van der Waals surface area contributed by atoms with Crippen molar-refractivity contribution in [3.05, 3.63) is 59.9 Å². The van der Waals surface area contributed by atoms with Gasteiger partial charge in [0.1, 0.15) is 6.54 Å². The zero-order chi connectivity index (χ0) is 17.5. The molecule has 5 nitrogen and oxygen atoms in total. The van der Waals surface area contributed by atoms with Gasteiger partial charge in [-0.05, 0) is 41.3 Å². The zero-order valence-corrected chi connectivity index (χ0v) is 14.3. The number of rotatable bonds is 6. The van der Waals surface area contributed by atoms with E-state index >= 15 is 0 Å². The van der Waals surface area contributed by atoms with Crippen molar-refractivity contribution in [2.45, 2.75) is 33.2 Å². The minimum Gasteiger partial charge on any atom is -0.350 e. The molecular weight excluding hydrogens is 302 g/mol. The molecule has 0 aliphatic rings. The number of pyridine rings is 1. The van der Waals surface area contributed by atoms with E-state index in [2.05, 4.69) is 24.1 Å². The highest BCUT2D eigenvalue weighted by atomic mass is 16.2. The number of benzene rings is 1. The summed E-state index contributed by atoms with van der Waals surface area (Å²) in [6.07, 6.45) is 3.36. The van der Waals surface area contributed by atoms with E-state index in [1.54, 1.807) is 12.4 Å². The average molecular weight is 325 g/mol. The molecule has 2 aromatic rings. The van der Waals surface area contributed by atoms with Crippen LogP contribution in [0.1, 0.15) is 37.8 Å². The number of carbonyl (C=O) groups excluding carboxylic acids is 2. The molecule has 126 valence electrons. The van der Waals surface area contributed by atoms with Gasteiger partial charge in [-0.2, -0.15) is 0 Å². The fourth-order valence-corrected chi connectivity index (χ4v) is 2.32. The SMILES string of the molecule is CC(=O)N(CC(=O)NCc1ccncc1)c1ccc(C(C)C)cc1. The average Bonchev–Trinajstić information content (AvgIpc) is 2.58. The molecule has 0 saturated heterocycles. The van der Waals surface area contributed by atoms with Crippen molar-refractivity contribution in [1.29, 1.82) is 0 Å². The van der Waals surface area contributed by atoms with Crippen LogP contribution in [0.4, 0.5) is 5.69 Å². The predicted molar refractivity (Wildman–Crippen MR) is 94.6 cm³/mol. The minimum atomic E-state index is -0.199. The first-order valence-electron chi connectivity index (χ1n) is 8.01. The maximum absolute atomic E-state index is 12.2. The monoisotopic (exact) mass is 325 g/mol. The smallest absolute Gasteiger partial charge is 0.240 e. The summed E-state index contributed by atoms with van der Waals surface area (Å²) >= 11 is 0. The second-order valence-corrected chi connectivity index (χ2v) is 5.98. The third-order valence-electron chi connectivity index (χ3n) is 3.79. The highest BCUT2D eigenvalue weighted by Gasteiger charge is 2.15. The van der Waals surface area contributed by atoms with E-state index in [-0.39, 0.29) is 18.4 Å². The van der Waals surface area contributed by atoms with Gasteiger partial charge < -0.3 is 10.2 Å². The first-order chi connectivity index (χ1) is 11.5. The summed E-state index contributed by atoms with van der Waals surface area (Å²) < 4.78 is 0. The van der Waals surface area contributed by atoms with Crippen molar-refractivity contribution in [3.63, 3.8) is 0 Å². The van der Waals surface area contributed by atoms with Crippen molar-refractivity contribution < 1.29 is 9.59 Å². The van der Waals surface area contributed by atoms with Gasteiger partial charge in [-0.3, -0.25) is 14.6 Å². The Labute approximate surface area is 142 Å². The molecule has 2 rings (SSSR count). The van der Waals surface area contributed by atoms with Crippen LogP contribution in [0, 0.1) is 0 Å². The van der Waals surface area contributed by atoms with Gasteiger partial charge in [0.2, 0.25) is 11.8 Å². The first-order valence-corrected chi connectivity index (χ1v) is 8.01. The molecule has 0 aliphatic heterocycles. The van der Waals surface area contributed by atoms with Crippen LogP contribution in [0.3, 0.4) is 0 Å². The minimum absolute atomic E-state index is 0.00143. The Hall–Kier alpha value is -2.69. The summed E-state index contributed by atoms with van der Waals surface area (Å²) in [5.41, 5.74) is 2.89. The van der Waals surface area contributed by atoms with Gasteiger partial charge >= 0.3 is 0 Å². The molecule has 1 aromatic carbocycles. The second-order valence-electron chi connectivity index (χ2n) is 5.98. The third kappa shape index (κ3) is 4.91. The molecule has 0 fully saturated rings. The second kappa shape index (κ2) is 8.24. The maximum atomic E-state index is 12.2. The number of nitrogens with one attached hydrogen (secondary N) is 1. The van der Waals surface area contributed by atoms with Gasteiger partial charge in [0.15, 0.2) is 0 Å². The van der Waals surface area contributed by atoms with E-state index in [4.69, 9.17) is 0 Å². The number of anilines is 1. The molecule has 0 aliphatic carbocycles. The summed E-state index contributed by atoms with van der Waals surface area (Å²) in [5, 5.41) is 2.82. The highest BCUT2D eigenvalue weighted by molar-refractivity contribution is 5.97. The predicted octanol–water partition coefficient (Wildman–Crippen LogP) is 2.87. The summed E-state index contributed by atoms with van der Waals surface area (Å²) in [6.45, 7) is 6.11. The van der Waals surface area contributed by atoms with E-state index in [0.29, 0.717) is 12.5 Å². The third-order valence-corrected chi connectivity index (χ3v) is 3.79. The van der Waals surface area contributed by atoms with E-state index in [1.807, 2.05) is 36.4 Å². The van der Waals surface area contributed by atoms with Crippen LogP contribution in [-0.4, -0.2) is 23.3 Å². The standard InChI is InChI=1S/C19H23N3O2/c1-14(2)17-4-6-18(7-5-17)22(15(3)23)13-19(24)21-12-16-8-10-20-11-9-16/h4-11,14H,12-13H2,1-3H3,(H,21,24). The van der Waals surface area contributed by atoms with Crippen molar-refractivity contribution in [2.75, 3.05) is 11.4 Å². The van der Waals surface area contributed by atoms with E-state index in [1.165, 1.54) is 17.4 Å². The lowest BCUT2D eigenvalue weighted by Crippen LogP contribution is -2.39. The Bertz CT molecular complexity index is 682. The molecule has 5 heteroatoms. The molecule has 2 amide bonds. The topological polar surface area (TPSA) is 62.3 Å². The Morgan fingerprint density at radius 1 is 1.08 bits per heavy atom. The maximum Gasteiger partial charge on any atom is 0.240 e. The van der Waals surface area contributed by atoms with Crippen LogP contribution in [0.2, 0.25) is 0 Å². The fraction of sp³-hybridized carbons (Fsp3) is 0.316. The van der Waals surface area contributed by atoms with Crippen LogP contribution in [-0.2, 0) is 16.1 Å². The van der Waals surface area contributed by atoms with E-state index in [9.17, 15) is 9.59 Å². The lowest BCUT2D eigenvalue weighted by Gasteiger charge is -2.21. The van der Waals surface area contributed by atoms with Crippen LogP contribution in [0.15, 0.2) is 48.8 Å². The van der Waals surface area contributed by atoms with Crippen molar-refractivity contribution >= 4 is 17.5 Å². The van der Waals surface area contributed by atoms with Crippen LogP contribution in [0.5, 0.6) is 0 Å². The number of nitrogens with zero attached hydrogens (tertiary/aromatic N) is 2. The Balaban J connectivity index is 2.00. The quantitative estimate of drug-likeness (QED) is 0.888.